The Hall–Kier alpha value is -1.71. The first-order valence-electron chi connectivity index (χ1n) is 7.42. The minimum absolute atomic E-state index is 0.0249. The zero-order valence-corrected chi connectivity index (χ0v) is 15.6. The van der Waals surface area contributed by atoms with E-state index >= 15 is 0 Å². The van der Waals surface area contributed by atoms with Crippen molar-refractivity contribution in [1.29, 1.82) is 0 Å². The van der Waals surface area contributed by atoms with Crippen molar-refractivity contribution >= 4 is 33.3 Å². The van der Waals surface area contributed by atoms with Gasteiger partial charge in [0.05, 0.1) is 24.3 Å². The number of hydrogen-bond acceptors (Lipinski definition) is 8. The number of aryl methyl sites for hydroxylation is 3. The van der Waals surface area contributed by atoms with Gasteiger partial charge in [0.15, 0.2) is 5.16 Å². The summed E-state index contributed by atoms with van der Waals surface area (Å²) in [6.07, 6.45) is 0. The van der Waals surface area contributed by atoms with Crippen molar-refractivity contribution in [2.45, 2.75) is 38.2 Å². The number of methoxy groups -OCH3 is 1. The van der Waals surface area contributed by atoms with E-state index in [1.807, 2.05) is 13.8 Å². The molecule has 3 aromatic heterocycles. The molecule has 0 aliphatic rings. The van der Waals surface area contributed by atoms with Crippen LogP contribution in [-0.2, 0) is 17.0 Å². The van der Waals surface area contributed by atoms with Gasteiger partial charge in [0.2, 0.25) is 11.8 Å². The van der Waals surface area contributed by atoms with E-state index in [-0.39, 0.29) is 5.56 Å². The van der Waals surface area contributed by atoms with E-state index in [0.29, 0.717) is 41.2 Å². The predicted molar refractivity (Wildman–Crippen MR) is 93.8 cm³/mol. The maximum atomic E-state index is 12.9. The Kier molecular flexibility index (Phi) is 5.02. The molecule has 3 rings (SSSR count). The van der Waals surface area contributed by atoms with Crippen LogP contribution >= 0.6 is 23.1 Å². The average molecular weight is 366 g/mol. The van der Waals surface area contributed by atoms with E-state index in [1.54, 1.807) is 29.9 Å². The number of thiophene rings is 1. The number of hydrogen-bond donors (Lipinski definition) is 0. The lowest BCUT2D eigenvalue weighted by Gasteiger charge is -2.11. The molecule has 0 radical (unpaired) electrons. The van der Waals surface area contributed by atoms with Gasteiger partial charge in [0.25, 0.3) is 5.56 Å². The second-order valence-corrected chi connectivity index (χ2v) is 7.46. The first-order valence-corrected chi connectivity index (χ1v) is 9.22. The maximum Gasteiger partial charge on any atom is 0.263 e. The van der Waals surface area contributed by atoms with Crippen molar-refractivity contribution in [2.24, 2.45) is 0 Å². The van der Waals surface area contributed by atoms with Gasteiger partial charge in [0.1, 0.15) is 4.83 Å². The van der Waals surface area contributed by atoms with E-state index in [2.05, 4.69) is 10.2 Å². The zero-order chi connectivity index (χ0) is 17.3. The second kappa shape index (κ2) is 7.04. The molecule has 24 heavy (non-hydrogen) atoms. The first kappa shape index (κ1) is 17.1. The molecule has 0 fully saturated rings. The Morgan fingerprint density at radius 1 is 1.29 bits per heavy atom. The summed E-state index contributed by atoms with van der Waals surface area (Å²) < 4.78 is 12.2. The van der Waals surface area contributed by atoms with Crippen molar-refractivity contribution in [3.8, 4) is 0 Å². The Balaban J connectivity index is 2.02. The molecule has 0 bridgehead atoms. The Labute approximate surface area is 147 Å². The number of ether oxygens (including phenoxy) is 1. The third kappa shape index (κ3) is 3.24. The van der Waals surface area contributed by atoms with Crippen molar-refractivity contribution in [2.75, 3.05) is 13.7 Å². The Morgan fingerprint density at radius 2 is 2.08 bits per heavy atom. The van der Waals surface area contributed by atoms with Crippen molar-refractivity contribution in [1.82, 2.24) is 19.7 Å². The molecular weight excluding hydrogens is 348 g/mol. The molecule has 0 aliphatic carbocycles. The van der Waals surface area contributed by atoms with E-state index < -0.39 is 0 Å². The molecule has 0 amide bonds. The van der Waals surface area contributed by atoms with Gasteiger partial charge < -0.3 is 9.15 Å². The number of nitrogens with zero attached hydrogens (tertiary/aromatic N) is 4. The summed E-state index contributed by atoms with van der Waals surface area (Å²) in [5.41, 5.74) is 0.978. The molecule has 128 valence electrons. The SMILES string of the molecule is COCCn1c(SCc2nnc(C)o2)nc2sc(C)c(C)c2c1=O. The number of rotatable bonds is 6. The first-order chi connectivity index (χ1) is 11.5. The topological polar surface area (TPSA) is 83.0 Å². The minimum atomic E-state index is -0.0249. The summed E-state index contributed by atoms with van der Waals surface area (Å²) in [6.45, 7) is 6.62. The molecule has 3 heterocycles. The zero-order valence-electron chi connectivity index (χ0n) is 14.0. The largest absolute Gasteiger partial charge is 0.425 e. The third-order valence-electron chi connectivity index (χ3n) is 3.67. The molecule has 9 heteroatoms. The molecule has 0 aliphatic heterocycles. The second-order valence-electron chi connectivity index (χ2n) is 5.31. The monoisotopic (exact) mass is 366 g/mol. The fraction of sp³-hybridized carbons (Fsp3) is 0.467. The van der Waals surface area contributed by atoms with Crippen LogP contribution in [0, 0.1) is 20.8 Å². The summed E-state index contributed by atoms with van der Waals surface area (Å²) in [4.78, 5) is 19.5. The lowest BCUT2D eigenvalue weighted by Crippen LogP contribution is -2.25. The van der Waals surface area contributed by atoms with Crippen LogP contribution in [0.3, 0.4) is 0 Å². The van der Waals surface area contributed by atoms with Gasteiger partial charge >= 0.3 is 0 Å². The van der Waals surface area contributed by atoms with Crippen molar-refractivity contribution in [3.05, 3.63) is 32.6 Å². The van der Waals surface area contributed by atoms with Gasteiger partial charge in [-0.1, -0.05) is 11.8 Å². The molecular formula is C15H18N4O3S2. The molecule has 0 saturated carbocycles. The van der Waals surface area contributed by atoms with Crippen LogP contribution in [0.25, 0.3) is 10.2 Å². The van der Waals surface area contributed by atoms with Crippen LogP contribution in [0.5, 0.6) is 0 Å². The standard InChI is InChI=1S/C15H18N4O3S2/c1-8-9(2)24-13-12(8)14(20)19(5-6-21-4)15(16-13)23-7-11-18-17-10(3)22-11/h5-7H2,1-4H3. The summed E-state index contributed by atoms with van der Waals surface area (Å²) in [5, 5.41) is 9.14. The third-order valence-corrected chi connectivity index (χ3v) is 5.73. The Morgan fingerprint density at radius 3 is 2.75 bits per heavy atom. The van der Waals surface area contributed by atoms with Crippen LogP contribution in [0.2, 0.25) is 0 Å². The van der Waals surface area contributed by atoms with Crippen LogP contribution < -0.4 is 5.56 Å². The van der Waals surface area contributed by atoms with Gasteiger partial charge in [-0.05, 0) is 19.4 Å². The van der Waals surface area contributed by atoms with Crippen LogP contribution in [0.4, 0.5) is 0 Å². The number of fused-ring (bicyclic) bond motifs is 1. The van der Waals surface area contributed by atoms with Gasteiger partial charge in [-0.3, -0.25) is 9.36 Å². The Bertz CT molecular complexity index is 929. The molecule has 0 aromatic carbocycles. The van der Waals surface area contributed by atoms with Crippen LogP contribution in [0.15, 0.2) is 14.4 Å². The lowest BCUT2D eigenvalue weighted by atomic mass is 10.2. The molecule has 0 spiro atoms. The fourth-order valence-electron chi connectivity index (χ4n) is 2.32. The van der Waals surface area contributed by atoms with E-state index in [0.717, 1.165) is 15.3 Å². The van der Waals surface area contributed by atoms with Gasteiger partial charge in [-0.2, -0.15) is 0 Å². The van der Waals surface area contributed by atoms with Crippen LogP contribution in [0.1, 0.15) is 22.2 Å². The van der Waals surface area contributed by atoms with Crippen LogP contribution in [-0.4, -0.2) is 33.5 Å². The summed E-state index contributed by atoms with van der Waals surface area (Å²) in [6, 6.07) is 0. The highest BCUT2D eigenvalue weighted by Crippen LogP contribution is 2.29. The van der Waals surface area contributed by atoms with Crippen molar-refractivity contribution < 1.29 is 9.15 Å². The maximum absolute atomic E-state index is 12.9. The minimum Gasteiger partial charge on any atom is -0.425 e. The molecule has 0 N–H and O–H groups in total. The molecule has 0 atom stereocenters. The van der Waals surface area contributed by atoms with Gasteiger partial charge in [0, 0.05) is 18.9 Å². The van der Waals surface area contributed by atoms with Gasteiger partial charge in [-0.15, -0.1) is 21.5 Å². The normalized spacial score (nSPS) is 11.5. The highest BCUT2D eigenvalue weighted by Gasteiger charge is 2.17. The lowest BCUT2D eigenvalue weighted by molar-refractivity contribution is 0.183. The number of thioether (sulfide) groups is 1. The number of aromatic nitrogens is 4. The van der Waals surface area contributed by atoms with E-state index in [9.17, 15) is 4.79 Å². The molecule has 7 nitrogen and oxygen atoms in total. The highest BCUT2D eigenvalue weighted by molar-refractivity contribution is 7.98. The summed E-state index contributed by atoms with van der Waals surface area (Å²) in [7, 11) is 1.62. The van der Waals surface area contributed by atoms with E-state index in [4.69, 9.17) is 14.1 Å². The van der Waals surface area contributed by atoms with Crippen molar-refractivity contribution in [3.63, 3.8) is 0 Å². The van der Waals surface area contributed by atoms with E-state index in [1.165, 1.54) is 11.8 Å². The predicted octanol–water partition coefficient (Wildman–Crippen LogP) is 2.70. The molecule has 3 aromatic rings. The smallest absolute Gasteiger partial charge is 0.263 e. The van der Waals surface area contributed by atoms with Gasteiger partial charge in [-0.25, -0.2) is 4.98 Å². The quantitative estimate of drug-likeness (QED) is 0.490. The highest BCUT2D eigenvalue weighted by atomic mass is 32.2. The molecule has 0 unspecified atom stereocenters. The fourth-order valence-corrected chi connectivity index (χ4v) is 4.25. The summed E-state index contributed by atoms with van der Waals surface area (Å²) in [5.74, 6) is 1.51. The summed E-state index contributed by atoms with van der Waals surface area (Å²) >= 11 is 2.96. The molecule has 0 saturated heterocycles. The average Bonchev–Trinajstić information content (AvgIpc) is 3.08.